The fourth-order valence-corrected chi connectivity index (χ4v) is 6.54. The van der Waals surface area contributed by atoms with Crippen LogP contribution in [-0.4, -0.2) is 28.5 Å². The summed E-state index contributed by atoms with van der Waals surface area (Å²) in [4.78, 5) is 12.5. The number of sulfonamides is 2. The fraction of sp³-hybridized carbons (Fsp3) is 0.316. The summed E-state index contributed by atoms with van der Waals surface area (Å²) >= 11 is 0. The zero-order valence-electron chi connectivity index (χ0n) is 16.1. The fourth-order valence-electron chi connectivity index (χ4n) is 3.15. The Morgan fingerprint density at radius 1 is 1.04 bits per heavy atom. The van der Waals surface area contributed by atoms with E-state index in [4.69, 9.17) is 0 Å². The van der Waals surface area contributed by atoms with E-state index in [1.54, 1.807) is 45.0 Å². The molecule has 0 aromatic heterocycles. The highest BCUT2D eigenvalue weighted by atomic mass is 32.2. The van der Waals surface area contributed by atoms with Crippen LogP contribution in [0.2, 0.25) is 0 Å². The maximum absolute atomic E-state index is 12.7. The number of carbonyl (C=O) groups excluding carboxylic acids is 1. The van der Waals surface area contributed by atoms with Crippen LogP contribution in [0.25, 0.3) is 0 Å². The molecular formula is C19H22N2O5S2. The molecule has 0 atom stereocenters. The van der Waals surface area contributed by atoms with Crippen molar-refractivity contribution in [2.45, 2.75) is 32.6 Å². The Morgan fingerprint density at radius 3 is 2.14 bits per heavy atom. The van der Waals surface area contributed by atoms with E-state index >= 15 is 0 Å². The predicted molar refractivity (Wildman–Crippen MR) is 108 cm³/mol. The van der Waals surface area contributed by atoms with Crippen molar-refractivity contribution in [1.82, 2.24) is 0 Å². The van der Waals surface area contributed by atoms with E-state index < -0.39 is 31.4 Å². The second kappa shape index (κ2) is 6.59. The average Bonchev–Trinajstić information content (AvgIpc) is 2.72. The van der Waals surface area contributed by atoms with Gasteiger partial charge in [-0.25, -0.2) is 21.1 Å². The molecule has 1 N–H and O–H groups in total. The number of hydrogen-bond acceptors (Lipinski definition) is 5. The molecule has 0 radical (unpaired) electrons. The van der Waals surface area contributed by atoms with Gasteiger partial charge in [0, 0.05) is 5.69 Å². The molecule has 0 saturated carbocycles. The first kappa shape index (κ1) is 20.3. The largest absolute Gasteiger partial charge is 0.280 e. The molecule has 0 bridgehead atoms. The molecular weight excluding hydrogens is 400 g/mol. The minimum absolute atomic E-state index is 0.0140. The first-order valence-electron chi connectivity index (χ1n) is 8.61. The molecule has 1 saturated heterocycles. The Balaban J connectivity index is 1.96. The van der Waals surface area contributed by atoms with E-state index in [1.165, 1.54) is 18.2 Å². The van der Waals surface area contributed by atoms with Crippen molar-refractivity contribution in [2.75, 3.05) is 14.8 Å². The van der Waals surface area contributed by atoms with Crippen molar-refractivity contribution in [3.63, 3.8) is 0 Å². The molecule has 7 nitrogen and oxygen atoms in total. The summed E-state index contributed by atoms with van der Waals surface area (Å²) in [6, 6.07) is 11.0. The molecule has 3 rings (SSSR count). The van der Waals surface area contributed by atoms with Crippen molar-refractivity contribution in [2.24, 2.45) is 5.41 Å². The lowest BCUT2D eigenvalue weighted by Crippen LogP contribution is -2.33. The number of nitrogens with zero attached hydrogens (tertiary/aromatic N) is 1. The molecule has 9 heteroatoms. The second-order valence-electron chi connectivity index (χ2n) is 7.63. The molecule has 0 spiro atoms. The Bertz CT molecular complexity index is 1150. The maximum atomic E-state index is 12.7. The second-order valence-corrected chi connectivity index (χ2v) is 11.1. The van der Waals surface area contributed by atoms with Gasteiger partial charge < -0.3 is 0 Å². The summed E-state index contributed by atoms with van der Waals surface area (Å²) in [6.45, 7) is 6.61. The van der Waals surface area contributed by atoms with Gasteiger partial charge in [0.1, 0.15) is 0 Å². The molecule has 2 aromatic rings. The SMILES string of the molecule is Cc1ccc(NS(=O)(=O)c2ccc(N3C(=O)C(C)(C)CS3(=O)=O)cc2C)cc1. The minimum atomic E-state index is -3.87. The number of aryl methyl sites for hydroxylation is 2. The van der Waals surface area contributed by atoms with Crippen LogP contribution in [0.1, 0.15) is 25.0 Å². The standard InChI is InChI=1S/C19H22N2O5S2/c1-13-5-7-15(8-6-13)20-28(25,26)17-10-9-16(11-14(17)2)21-18(22)19(3,4)12-27(21,23)24/h5-11,20H,12H2,1-4H3. The van der Waals surface area contributed by atoms with E-state index in [9.17, 15) is 21.6 Å². The lowest BCUT2D eigenvalue weighted by atomic mass is 9.95. The van der Waals surface area contributed by atoms with Crippen molar-refractivity contribution in [3.8, 4) is 0 Å². The highest BCUT2D eigenvalue weighted by Gasteiger charge is 2.50. The van der Waals surface area contributed by atoms with Crippen LogP contribution in [-0.2, 0) is 24.8 Å². The normalized spacial score (nSPS) is 18.3. The summed E-state index contributed by atoms with van der Waals surface area (Å²) in [7, 11) is -7.66. The quantitative estimate of drug-likeness (QED) is 0.817. The van der Waals surface area contributed by atoms with Crippen LogP contribution >= 0.6 is 0 Å². The zero-order valence-corrected chi connectivity index (χ0v) is 17.7. The van der Waals surface area contributed by atoms with Crippen molar-refractivity contribution >= 4 is 37.3 Å². The number of anilines is 2. The third-order valence-corrected chi connectivity index (χ3v) is 8.13. The number of hydrogen-bond donors (Lipinski definition) is 1. The predicted octanol–water partition coefficient (Wildman–Crippen LogP) is 2.81. The van der Waals surface area contributed by atoms with Gasteiger partial charge in [0.15, 0.2) is 0 Å². The van der Waals surface area contributed by atoms with Gasteiger partial charge in [-0.05, 0) is 63.6 Å². The number of amides is 1. The topological polar surface area (TPSA) is 101 Å². The van der Waals surface area contributed by atoms with Crippen LogP contribution in [0, 0.1) is 19.3 Å². The van der Waals surface area contributed by atoms with E-state index in [0.717, 1.165) is 9.87 Å². The smallest absolute Gasteiger partial charge is 0.262 e. The molecule has 150 valence electrons. The van der Waals surface area contributed by atoms with Crippen LogP contribution in [0.3, 0.4) is 0 Å². The van der Waals surface area contributed by atoms with Gasteiger partial charge in [0.05, 0.1) is 21.8 Å². The van der Waals surface area contributed by atoms with E-state index in [1.807, 2.05) is 6.92 Å². The summed E-state index contributed by atoms with van der Waals surface area (Å²) < 4.78 is 53.6. The monoisotopic (exact) mass is 422 g/mol. The van der Waals surface area contributed by atoms with Crippen LogP contribution in [0.5, 0.6) is 0 Å². The lowest BCUT2D eigenvalue weighted by molar-refractivity contribution is -0.123. The van der Waals surface area contributed by atoms with Gasteiger partial charge in [-0.3, -0.25) is 9.52 Å². The van der Waals surface area contributed by atoms with Crippen LogP contribution in [0.15, 0.2) is 47.4 Å². The zero-order chi connectivity index (χ0) is 20.9. The maximum Gasteiger partial charge on any atom is 0.262 e. The van der Waals surface area contributed by atoms with Crippen molar-refractivity contribution in [3.05, 3.63) is 53.6 Å². The molecule has 1 aliphatic rings. The van der Waals surface area contributed by atoms with Crippen LogP contribution in [0.4, 0.5) is 11.4 Å². The summed E-state index contributed by atoms with van der Waals surface area (Å²) in [6.07, 6.45) is 0. The van der Waals surface area contributed by atoms with Gasteiger partial charge in [-0.2, -0.15) is 0 Å². The molecule has 1 amide bonds. The average molecular weight is 423 g/mol. The first-order chi connectivity index (χ1) is 12.8. The van der Waals surface area contributed by atoms with Gasteiger partial charge in [0.2, 0.25) is 15.9 Å². The number of benzene rings is 2. The van der Waals surface area contributed by atoms with Crippen molar-refractivity contribution < 1.29 is 21.6 Å². The van der Waals surface area contributed by atoms with Crippen LogP contribution < -0.4 is 9.03 Å². The highest BCUT2D eigenvalue weighted by molar-refractivity contribution is 7.94. The third kappa shape index (κ3) is 3.64. The molecule has 1 heterocycles. The Labute approximate surface area is 165 Å². The molecule has 2 aromatic carbocycles. The minimum Gasteiger partial charge on any atom is -0.280 e. The summed E-state index contributed by atoms with van der Waals surface area (Å²) in [5, 5.41) is 0. The Hall–Kier alpha value is -2.39. The molecule has 28 heavy (non-hydrogen) atoms. The molecule has 1 fully saturated rings. The third-order valence-electron chi connectivity index (χ3n) is 4.57. The molecule has 0 aliphatic carbocycles. The Morgan fingerprint density at radius 2 is 1.64 bits per heavy atom. The van der Waals surface area contributed by atoms with Gasteiger partial charge in [-0.1, -0.05) is 17.7 Å². The number of carbonyl (C=O) groups is 1. The first-order valence-corrected chi connectivity index (χ1v) is 11.7. The summed E-state index contributed by atoms with van der Waals surface area (Å²) in [5.41, 5.74) is 0.882. The van der Waals surface area contributed by atoms with Crippen molar-refractivity contribution in [1.29, 1.82) is 0 Å². The number of rotatable bonds is 4. The van der Waals surface area contributed by atoms with Gasteiger partial charge in [0.25, 0.3) is 10.0 Å². The molecule has 0 unspecified atom stereocenters. The van der Waals surface area contributed by atoms with E-state index in [0.29, 0.717) is 11.3 Å². The van der Waals surface area contributed by atoms with Gasteiger partial charge in [-0.15, -0.1) is 0 Å². The summed E-state index contributed by atoms with van der Waals surface area (Å²) in [5.74, 6) is -0.812. The van der Waals surface area contributed by atoms with E-state index in [-0.39, 0.29) is 16.3 Å². The van der Waals surface area contributed by atoms with Gasteiger partial charge >= 0.3 is 0 Å². The van der Waals surface area contributed by atoms with E-state index in [2.05, 4.69) is 4.72 Å². The number of nitrogens with one attached hydrogen (secondary N) is 1. The highest BCUT2D eigenvalue weighted by Crippen LogP contribution is 2.36. The lowest BCUT2D eigenvalue weighted by Gasteiger charge is -2.19. The molecule has 1 aliphatic heterocycles. The Kier molecular flexibility index (Phi) is 4.79.